The van der Waals surface area contributed by atoms with Crippen LogP contribution in [-0.4, -0.2) is 40.6 Å². The van der Waals surface area contributed by atoms with Crippen LogP contribution in [0.5, 0.6) is 0 Å². The van der Waals surface area contributed by atoms with Crippen LogP contribution in [0.1, 0.15) is 30.5 Å². The largest absolute Gasteiger partial charge is 0.321 e. The molecular formula is C28H20FN7OS. The molecule has 2 N–H and O–H groups in total. The Morgan fingerprint density at radius 1 is 1.03 bits per heavy atom. The fourth-order valence-corrected chi connectivity index (χ4v) is 6.76. The van der Waals surface area contributed by atoms with Crippen molar-refractivity contribution in [2.75, 3.05) is 0 Å². The van der Waals surface area contributed by atoms with Gasteiger partial charge in [0.15, 0.2) is 11.3 Å². The van der Waals surface area contributed by atoms with Gasteiger partial charge in [-0.3, -0.25) is 19.4 Å². The van der Waals surface area contributed by atoms with Crippen LogP contribution in [0.3, 0.4) is 0 Å². The van der Waals surface area contributed by atoms with Crippen molar-refractivity contribution < 1.29 is 9.18 Å². The lowest BCUT2D eigenvalue weighted by molar-refractivity contribution is 0.0847. The highest BCUT2D eigenvalue weighted by atomic mass is 32.1. The van der Waals surface area contributed by atoms with Gasteiger partial charge in [0.05, 0.1) is 22.6 Å². The molecule has 1 aliphatic rings. The van der Waals surface area contributed by atoms with Crippen LogP contribution in [0, 0.1) is 11.7 Å². The monoisotopic (exact) mass is 521 g/mol. The van der Waals surface area contributed by atoms with E-state index in [0.717, 1.165) is 40.6 Å². The number of hydrogen-bond acceptors (Lipinski definition) is 6. The molecule has 0 radical (unpaired) electrons. The SMILES string of the molecule is O=C(C1CCCC1)n1c2cncc(c2)c2ccc3[nH]nc(c4nc5c(nccc5c5ccc1s5)[nH]4)c3c2F. The summed E-state index contributed by atoms with van der Waals surface area (Å²) in [5, 5.41) is 9.50. The summed E-state index contributed by atoms with van der Waals surface area (Å²) in [6, 6.07) is 11.2. The van der Waals surface area contributed by atoms with E-state index in [1.165, 1.54) is 11.3 Å². The maximum absolute atomic E-state index is 16.2. The summed E-state index contributed by atoms with van der Waals surface area (Å²) in [5.74, 6) is -0.427. The van der Waals surface area contributed by atoms with Crippen LogP contribution in [0.4, 0.5) is 4.39 Å². The van der Waals surface area contributed by atoms with Gasteiger partial charge in [0.2, 0.25) is 5.91 Å². The lowest BCUT2D eigenvalue weighted by Crippen LogP contribution is -2.19. The number of carbonyl (C=O) groups excluding carboxylic acids is 1. The first kappa shape index (κ1) is 21.6. The molecule has 0 unspecified atom stereocenters. The Morgan fingerprint density at radius 3 is 2.82 bits per heavy atom. The molecule has 6 aromatic heterocycles. The Bertz CT molecular complexity index is 2150. The van der Waals surface area contributed by atoms with Crippen molar-refractivity contribution >= 4 is 81.7 Å². The van der Waals surface area contributed by atoms with Crippen molar-refractivity contribution in [2.24, 2.45) is 5.92 Å². The number of halogens is 1. The van der Waals surface area contributed by atoms with Crippen LogP contribution in [0.25, 0.3) is 64.4 Å². The Kier molecular flexibility index (Phi) is 4.57. The lowest BCUT2D eigenvalue weighted by atomic mass is 10.1. The van der Waals surface area contributed by atoms with Crippen molar-refractivity contribution in [2.45, 2.75) is 25.7 Å². The molecule has 186 valence electrons. The number of nitrogens with zero attached hydrogens (tertiary/aromatic N) is 5. The first-order valence-corrected chi connectivity index (χ1v) is 13.4. The number of hydrogen-bond donors (Lipinski definition) is 2. The minimum Gasteiger partial charge on any atom is -0.321 e. The van der Waals surface area contributed by atoms with E-state index in [1.54, 1.807) is 35.3 Å². The van der Waals surface area contributed by atoms with Crippen molar-refractivity contribution in [1.82, 2.24) is 34.7 Å². The molecule has 0 spiro atoms. The first-order valence-electron chi connectivity index (χ1n) is 12.6. The molecular weight excluding hydrogens is 501 g/mol. The number of carbonyl (C=O) groups is 1. The fourth-order valence-electron chi connectivity index (χ4n) is 5.70. The van der Waals surface area contributed by atoms with Gasteiger partial charge < -0.3 is 4.98 Å². The number of pyridine rings is 2. The molecule has 0 aliphatic heterocycles. The zero-order valence-corrected chi connectivity index (χ0v) is 20.8. The zero-order chi connectivity index (χ0) is 25.4. The Hall–Kier alpha value is -4.44. The van der Waals surface area contributed by atoms with E-state index >= 15 is 4.39 Å². The molecule has 38 heavy (non-hydrogen) atoms. The summed E-state index contributed by atoms with van der Waals surface area (Å²) in [5.41, 5.74) is 3.24. The highest BCUT2D eigenvalue weighted by Crippen LogP contribution is 2.33. The number of aromatic nitrogens is 7. The number of H-pyrrole nitrogens is 2. The normalized spacial score (nSPS) is 14.6. The number of aromatic amines is 2. The third-order valence-electron chi connectivity index (χ3n) is 7.57. The van der Waals surface area contributed by atoms with Gasteiger partial charge in [-0.05, 0) is 49.2 Å². The summed E-state index contributed by atoms with van der Waals surface area (Å²) in [7, 11) is 0. The maximum Gasteiger partial charge on any atom is 0.235 e. The van der Waals surface area contributed by atoms with Crippen LogP contribution < -0.4 is 0 Å². The molecule has 8 bridgehead atoms. The van der Waals surface area contributed by atoms with Crippen molar-refractivity contribution in [1.29, 1.82) is 0 Å². The minimum absolute atomic E-state index is 0.0469. The molecule has 8 rings (SSSR count). The van der Waals surface area contributed by atoms with Crippen LogP contribution in [0.2, 0.25) is 0 Å². The van der Waals surface area contributed by atoms with Crippen LogP contribution in [-0.2, 0) is 0 Å². The van der Waals surface area contributed by atoms with Gasteiger partial charge in [0, 0.05) is 39.2 Å². The second-order valence-electron chi connectivity index (χ2n) is 9.79. The molecule has 8 nitrogen and oxygen atoms in total. The van der Waals surface area contributed by atoms with Gasteiger partial charge in [-0.25, -0.2) is 14.4 Å². The second-order valence-corrected chi connectivity index (χ2v) is 10.8. The van der Waals surface area contributed by atoms with Gasteiger partial charge in [0.1, 0.15) is 21.7 Å². The van der Waals surface area contributed by atoms with Crippen LogP contribution >= 0.6 is 11.3 Å². The Morgan fingerprint density at radius 2 is 1.92 bits per heavy atom. The van der Waals surface area contributed by atoms with Gasteiger partial charge >= 0.3 is 0 Å². The average molecular weight is 522 g/mol. The van der Waals surface area contributed by atoms with E-state index in [1.807, 2.05) is 24.3 Å². The van der Waals surface area contributed by atoms with E-state index in [4.69, 9.17) is 4.98 Å². The number of benzene rings is 1. The molecule has 1 aromatic carbocycles. The molecule has 1 saturated carbocycles. The predicted molar refractivity (Wildman–Crippen MR) is 147 cm³/mol. The maximum atomic E-state index is 16.2. The van der Waals surface area contributed by atoms with Gasteiger partial charge in [-0.1, -0.05) is 12.8 Å². The van der Waals surface area contributed by atoms with Gasteiger partial charge in [-0.15, -0.1) is 11.3 Å². The lowest BCUT2D eigenvalue weighted by Gasteiger charge is -2.12. The topological polar surface area (TPSA) is 105 Å². The smallest absolute Gasteiger partial charge is 0.235 e. The second kappa shape index (κ2) is 8.03. The summed E-state index contributed by atoms with van der Waals surface area (Å²) in [6.45, 7) is 0. The Balaban J connectivity index is 1.62. The molecule has 1 aliphatic carbocycles. The molecule has 10 heteroatoms. The summed E-state index contributed by atoms with van der Waals surface area (Å²) >= 11 is 1.52. The van der Waals surface area contributed by atoms with Crippen molar-refractivity contribution in [3.05, 3.63) is 60.8 Å². The molecule has 0 saturated heterocycles. The number of thiophene rings is 1. The van der Waals surface area contributed by atoms with Crippen LogP contribution in [0.15, 0.2) is 55.0 Å². The summed E-state index contributed by atoms with van der Waals surface area (Å²) in [6.07, 6.45) is 8.86. The number of nitrogens with one attached hydrogen (secondary N) is 2. The molecule has 0 atom stereocenters. The zero-order valence-electron chi connectivity index (χ0n) is 20.0. The highest BCUT2D eigenvalue weighted by Gasteiger charge is 2.25. The third-order valence-corrected chi connectivity index (χ3v) is 8.68. The standard InChI is InChI=1S/C28H20FN7OS/c29-23-17-5-6-19-22(23)25(35-34-19)27-32-24-18(9-10-31-26(24)33-27)20-7-8-21(38-20)36(16-11-15(17)12-30-13-16)28(37)14-3-1-2-4-14/h5-14H,1-4H2,(H,34,35)(H,31,32,33). The molecule has 6 heterocycles. The molecule has 0 amide bonds. The summed E-state index contributed by atoms with van der Waals surface area (Å²) < 4.78 is 18.9. The minimum atomic E-state index is -0.430. The highest BCUT2D eigenvalue weighted by molar-refractivity contribution is 7.24. The number of fused-ring (bicyclic) bond motifs is 9. The van der Waals surface area contributed by atoms with E-state index in [-0.39, 0.29) is 11.8 Å². The molecule has 7 aromatic rings. The van der Waals surface area contributed by atoms with E-state index in [0.29, 0.717) is 49.5 Å². The molecule has 1 fully saturated rings. The van der Waals surface area contributed by atoms with E-state index in [2.05, 4.69) is 25.1 Å². The predicted octanol–water partition coefficient (Wildman–Crippen LogP) is 6.80. The first-order chi connectivity index (χ1) is 18.7. The van der Waals surface area contributed by atoms with Gasteiger partial charge in [0.25, 0.3) is 0 Å². The number of rotatable bonds is 1. The van der Waals surface area contributed by atoms with Crippen molar-refractivity contribution in [3.63, 3.8) is 0 Å². The average Bonchev–Trinajstić information content (AvgIpc) is 3.74. The third kappa shape index (κ3) is 3.10. The van der Waals surface area contributed by atoms with Crippen molar-refractivity contribution in [3.8, 4) is 0 Å². The van der Waals surface area contributed by atoms with E-state index in [9.17, 15) is 4.79 Å². The Labute approximate surface area is 217 Å². The quantitative estimate of drug-likeness (QED) is 0.247. The van der Waals surface area contributed by atoms with E-state index < -0.39 is 5.82 Å². The fraction of sp³-hybridized carbons (Fsp3) is 0.179. The number of imidazole rings is 1. The van der Waals surface area contributed by atoms with Gasteiger partial charge in [-0.2, -0.15) is 5.10 Å². The summed E-state index contributed by atoms with van der Waals surface area (Å²) in [4.78, 5) is 31.7.